The molecule has 2 heterocycles. The van der Waals surface area contributed by atoms with Gasteiger partial charge in [-0.05, 0) is 36.3 Å². The van der Waals surface area contributed by atoms with Crippen molar-refractivity contribution in [3.63, 3.8) is 0 Å². The molecule has 1 aromatic heterocycles. The first-order valence-electron chi connectivity index (χ1n) is 7.34. The van der Waals surface area contributed by atoms with Crippen LogP contribution in [-0.4, -0.2) is 31.9 Å². The van der Waals surface area contributed by atoms with Crippen molar-refractivity contribution in [1.29, 1.82) is 0 Å². The van der Waals surface area contributed by atoms with E-state index in [1.165, 1.54) is 0 Å². The van der Waals surface area contributed by atoms with E-state index in [1.807, 2.05) is 23.9 Å². The predicted octanol–water partition coefficient (Wildman–Crippen LogP) is 3.49. The van der Waals surface area contributed by atoms with Crippen LogP contribution in [0.15, 0.2) is 30.5 Å². The highest BCUT2D eigenvalue weighted by Gasteiger charge is 2.19. The van der Waals surface area contributed by atoms with Crippen LogP contribution in [0, 0.1) is 5.82 Å². The Hall–Kier alpha value is -1.73. The number of thiocarbonyl (C=S) groups is 1. The predicted molar refractivity (Wildman–Crippen MR) is 96.0 cm³/mol. The Balaban J connectivity index is 1.93. The van der Waals surface area contributed by atoms with E-state index in [-0.39, 0.29) is 11.9 Å². The van der Waals surface area contributed by atoms with Crippen LogP contribution in [0.25, 0.3) is 5.57 Å². The first-order valence-corrected chi connectivity index (χ1v) is 8.91. The maximum absolute atomic E-state index is 14.6. The zero-order valence-corrected chi connectivity index (χ0v) is 14.3. The molecule has 4 nitrogen and oxygen atoms in total. The third-order valence-electron chi connectivity index (χ3n) is 3.71. The zero-order valence-electron chi connectivity index (χ0n) is 12.7. The summed E-state index contributed by atoms with van der Waals surface area (Å²) in [6.45, 7) is 1.79. The average molecular weight is 348 g/mol. The van der Waals surface area contributed by atoms with Gasteiger partial charge in [-0.15, -0.1) is 0 Å². The lowest BCUT2D eigenvalue weighted by Crippen LogP contribution is -2.26. The fourth-order valence-corrected chi connectivity index (χ4v) is 3.59. The van der Waals surface area contributed by atoms with Crippen molar-refractivity contribution in [2.24, 2.45) is 0 Å². The Morgan fingerprint density at radius 2 is 2.35 bits per heavy atom. The summed E-state index contributed by atoms with van der Waals surface area (Å²) in [7, 11) is 0. The molecule has 0 amide bonds. The number of nitrogens with one attached hydrogen (secondary N) is 2. The van der Waals surface area contributed by atoms with Gasteiger partial charge in [-0.25, -0.2) is 4.39 Å². The molecule has 1 aliphatic heterocycles. The molecule has 0 bridgehead atoms. The monoisotopic (exact) mass is 348 g/mol. The number of rotatable bonds is 4. The third-order valence-corrected chi connectivity index (χ3v) is 4.73. The van der Waals surface area contributed by atoms with Crippen LogP contribution in [0.4, 0.5) is 4.39 Å². The van der Waals surface area contributed by atoms with E-state index in [1.54, 1.807) is 19.2 Å². The molecule has 2 aromatic rings. The van der Waals surface area contributed by atoms with Crippen molar-refractivity contribution in [1.82, 2.24) is 20.7 Å². The molecule has 7 heteroatoms. The quantitative estimate of drug-likeness (QED) is 0.829. The number of nitrogens with zero attached hydrogens (tertiary/aromatic N) is 2. The number of halogens is 1. The highest BCUT2D eigenvalue weighted by Crippen LogP contribution is 2.30. The van der Waals surface area contributed by atoms with E-state index in [9.17, 15) is 4.39 Å². The summed E-state index contributed by atoms with van der Waals surface area (Å²) in [6, 6.07) is 5.01. The van der Waals surface area contributed by atoms with Crippen molar-refractivity contribution >= 4 is 34.5 Å². The molecule has 3 rings (SSSR count). The van der Waals surface area contributed by atoms with Crippen LogP contribution < -0.4 is 5.32 Å². The van der Waals surface area contributed by atoms with Crippen LogP contribution in [0.2, 0.25) is 0 Å². The normalized spacial score (nSPS) is 15.8. The van der Waals surface area contributed by atoms with Crippen LogP contribution >= 0.6 is 24.0 Å². The molecule has 1 aliphatic rings. The molecule has 1 unspecified atom stereocenters. The van der Waals surface area contributed by atoms with Gasteiger partial charge in [-0.1, -0.05) is 30.4 Å². The number of H-pyrrole nitrogens is 1. The number of aromatic nitrogens is 3. The van der Waals surface area contributed by atoms with Gasteiger partial charge in [0.1, 0.15) is 11.5 Å². The van der Waals surface area contributed by atoms with E-state index in [0.717, 1.165) is 29.1 Å². The molecule has 0 saturated heterocycles. The van der Waals surface area contributed by atoms with Gasteiger partial charge in [0.15, 0.2) is 0 Å². The van der Waals surface area contributed by atoms with Crippen LogP contribution in [0.5, 0.6) is 0 Å². The Labute approximate surface area is 143 Å². The van der Waals surface area contributed by atoms with Crippen molar-refractivity contribution in [3.8, 4) is 0 Å². The molecule has 1 aromatic carbocycles. The summed E-state index contributed by atoms with van der Waals surface area (Å²) in [5.41, 5.74) is 3.22. The van der Waals surface area contributed by atoms with Gasteiger partial charge in [0.25, 0.3) is 0 Å². The van der Waals surface area contributed by atoms with Crippen LogP contribution in [0.3, 0.4) is 0 Å². The van der Waals surface area contributed by atoms with E-state index in [0.29, 0.717) is 16.2 Å². The van der Waals surface area contributed by atoms with Crippen LogP contribution in [-0.2, 0) is 0 Å². The second kappa shape index (κ2) is 7.23. The summed E-state index contributed by atoms with van der Waals surface area (Å²) in [4.78, 5) is 0.620. The fourth-order valence-electron chi connectivity index (χ4n) is 2.62. The molecule has 0 fully saturated rings. The molecule has 0 aliphatic carbocycles. The summed E-state index contributed by atoms with van der Waals surface area (Å²) in [5.74, 6) is 1.78. The van der Waals surface area contributed by atoms with E-state index >= 15 is 0 Å². The highest BCUT2D eigenvalue weighted by atomic mass is 32.2. The Bertz CT molecular complexity index is 728. The first-order chi connectivity index (χ1) is 11.1. The molecule has 2 N–H and O–H groups in total. The standard InChI is InChI=1S/C16H17FN4S2/c1-10(22)19-16(15-9-18-21-20-15)12-2-3-13(14(17)8-12)11-4-6-23-7-5-11/h2-4,8-9,16H,5-7H2,1H3,(H,19,22)(H,18,20,21). The van der Waals surface area contributed by atoms with Gasteiger partial charge in [-0.3, -0.25) is 0 Å². The molecular weight excluding hydrogens is 331 g/mol. The summed E-state index contributed by atoms with van der Waals surface area (Å²) >= 11 is 7.00. The number of hydrogen-bond acceptors (Lipinski definition) is 4. The second-order valence-electron chi connectivity index (χ2n) is 5.32. The topological polar surface area (TPSA) is 53.6 Å². The van der Waals surface area contributed by atoms with E-state index in [4.69, 9.17) is 12.2 Å². The van der Waals surface area contributed by atoms with Gasteiger partial charge >= 0.3 is 0 Å². The molecule has 0 radical (unpaired) electrons. The number of thioether (sulfide) groups is 1. The molecule has 0 saturated carbocycles. The zero-order chi connectivity index (χ0) is 16.2. The average Bonchev–Trinajstić information content (AvgIpc) is 3.07. The SMILES string of the molecule is CC(=S)NC(c1ccc(C2=CCSCC2)c(F)c1)c1cn[nH]n1. The smallest absolute Gasteiger partial charge is 0.131 e. The lowest BCUT2D eigenvalue weighted by atomic mass is 9.97. The molecule has 1 atom stereocenters. The van der Waals surface area contributed by atoms with Crippen molar-refractivity contribution in [2.45, 2.75) is 19.4 Å². The number of aromatic amines is 1. The third kappa shape index (κ3) is 3.79. The highest BCUT2D eigenvalue weighted by molar-refractivity contribution is 7.99. The maximum atomic E-state index is 14.6. The van der Waals surface area contributed by atoms with Crippen molar-refractivity contribution in [3.05, 3.63) is 53.1 Å². The largest absolute Gasteiger partial charge is 0.367 e. The van der Waals surface area contributed by atoms with Crippen LogP contribution in [0.1, 0.15) is 36.2 Å². The number of allylic oxidation sites excluding steroid dienone is 1. The minimum absolute atomic E-state index is 0.210. The van der Waals surface area contributed by atoms with Gasteiger partial charge < -0.3 is 5.32 Å². The van der Waals surface area contributed by atoms with E-state index in [2.05, 4.69) is 26.8 Å². The fraction of sp³-hybridized carbons (Fsp3) is 0.312. The Morgan fingerprint density at radius 3 is 2.96 bits per heavy atom. The summed E-state index contributed by atoms with van der Waals surface area (Å²) in [6.07, 6.45) is 4.63. The minimum Gasteiger partial charge on any atom is -0.367 e. The summed E-state index contributed by atoms with van der Waals surface area (Å²) in [5, 5.41) is 13.6. The molecular formula is C16H17FN4S2. The summed E-state index contributed by atoms with van der Waals surface area (Å²) < 4.78 is 14.6. The van der Waals surface area contributed by atoms with Gasteiger partial charge in [0.2, 0.25) is 0 Å². The molecule has 120 valence electrons. The lowest BCUT2D eigenvalue weighted by molar-refractivity contribution is 0.615. The van der Waals surface area contributed by atoms with Crippen molar-refractivity contribution in [2.75, 3.05) is 11.5 Å². The Morgan fingerprint density at radius 1 is 1.48 bits per heavy atom. The van der Waals surface area contributed by atoms with Crippen molar-refractivity contribution < 1.29 is 4.39 Å². The molecule has 23 heavy (non-hydrogen) atoms. The lowest BCUT2D eigenvalue weighted by Gasteiger charge is -2.19. The first kappa shape index (κ1) is 16.1. The van der Waals surface area contributed by atoms with Gasteiger partial charge in [-0.2, -0.15) is 27.2 Å². The number of benzene rings is 1. The maximum Gasteiger partial charge on any atom is 0.131 e. The minimum atomic E-state index is -0.314. The molecule has 0 spiro atoms. The Kier molecular flexibility index (Phi) is 5.07. The van der Waals surface area contributed by atoms with E-state index < -0.39 is 0 Å². The number of hydrogen-bond donors (Lipinski definition) is 2. The van der Waals surface area contributed by atoms with Gasteiger partial charge in [0.05, 0.1) is 17.2 Å². The van der Waals surface area contributed by atoms with Gasteiger partial charge in [0, 0.05) is 11.3 Å². The second-order valence-corrected chi connectivity index (χ2v) is 7.08.